The third-order valence-corrected chi connectivity index (χ3v) is 6.42. The van der Waals surface area contributed by atoms with E-state index in [0.717, 1.165) is 56.6 Å². The molecule has 0 aliphatic carbocycles. The highest BCUT2D eigenvalue weighted by Crippen LogP contribution is 2.23. The van der Waals surface area contributed by atoms with E-state index in [9.17, 15) is 9.59 Å². The molecule has 35 heavy (non-hydrogen) atoms. The molecule has 0 aromatic heterocycles. The van der Waals surface area contributed by atoms with Gasteiger partial charge in [0.2, 0.25) is 0 Å². The van der Waals surface area contributed by atoms with Crippen LogP contribution < -0.4 is 4.74 Å². The highest BCUT2D eigenvalue weighted by Gasteiger charge is 2.27. The highest BCUT2D eigenvalue weighted by molar-refractivity contribution is 5.69. The molecule has 0 atom stereocenters. The van der Waals surface area contributed by atoms with Gasteiger partial charge >= 0.3 is 12.1 Å². The predicted molar refractivity (Wildman–Crippen MR) is 137 cm³/mol. The molecule has 0 spiro atoms. The maximum Gasteiger partial charge on any atom is 0.410 e. The number of carbonyl (C=O) groups is 2. The lowest BCUT2D eigenvalue weighted by Crippen LogP contribution is -2.44. The first kappa shape index (κ1) is 27.1. The summed E-state index contributed by atoms with van der Waals surface area (Å²) < 4.78 is 16.7. The van der Waals surface area contributed by atoms with Gasteiger partial charge in [-0.05, 0) is 77.2 Å². The van der Waals surface area contributed by atoms with Gasteiger partial charge in [0.25, 0.3) is 0 Å². The Labute approximate surface area is 210 Å². The molecular formula is C28H42N2O5. The second-order valence-electron chi connectivity index (χ2n) is 10.5. The van der Waals surface area contributed by atoms with E-state index in [1.807, 2.05) is 39.8 Å². The second kappa shape index (κ2) is 13.0. The first-order valence-electron chi connectivity index (χ1n) is 13.0. The van der Waals surface area contributed by atoms with Gasteiger partial charge in [-0.15, -0.1) is 0 Å². The zero-order valence-corrected chi connectivity index (χ0v) is 21.8. The van der Waals surface area contributed by atoms with Crippen molar-refractivity contribution >= 4 is 18.1 Å². The average molecular weight is 487 g/mol. The van der Waals surface area contributed by atoms with Crippen molar-refractivity contribution in [3.63, 3.8) is 0 Å². The number of nitrogens with zero attached hydrogens (tertiary/aromatic N) is 2. The third kappa shape index (κ3) is 9.55. The first-order valence-corrected chi connectivity index (χ1v) is 13.0. The van der Waals surface area contributed by atoms with Crippen molar-refractivity contribution in [2.24, 2.45) is 5.92 Å². The number of benzene rings is 1. The summed E-state index contributed by atoms with van der Waals surface area (Å²) in [5.74, 6) is 1.25. The van der Waals surface area contributed by atoms with Gasteiger partial charge in [-0.1, -0.05) is 24.3 Å². The van der Waals surface area contributed by atoms with Gasteiger partial charge in [-0.25, -0.2) is 4.79 Å². The summed E-state index contributed by atoms with van der Waals surface area (Å²) in [7, 11) is 0. The fourth-order valence-corrected chi connectivity index (χ4v) is 4.50. The smallest absolute Gasteiger partial charge is 0.410 e. The van der Waals surface area contributed by atoms with Gasteiger partial charge in [-0.3, -0.25) is 9.69 Å². The largest absolute Gasteiger partial charge is 0.490 e. The summed E-state index contributed by atoms with van der Waals surface area (Å²) >= 11 is 0. The molecule has 2 fully saturated rings. The fourth-order valence-electron chi connectivity index (χ4n) is 4.50. The summed E-state index contributed by atoms with van der Waals surface area (Å²) in [6.07, 6.45) is 8.48. The Morgan fingerprint density at radius 1 is 1.00 bits per heavy atom. The van der Waals surface area contributed by atoms with Gasteiger partial charge < -0.3 is 19.1 Å². The molecule has 0 N–H and O–H groups in total. The molecule has 2 aliphatic heterocycles. The zero-order valence-electron chi connectivity index (χ0n) is 21.8. The number of hydrogen-bond donors (Lipinski definition) is 0. The predicted octanol–water partition coefficient (Wildman–Crippen LogP) is 5.14. The SMILES string of the molecule is CCOC(=O)CC1CCN(C/C=C/c2ccc(OC3CCN(C(=O)OC(C)(C)C)CC3)cc2)CC1. The number of carbonyl (C=O) groups excluding carboxylic acids is 2. The molecule has 0 bridgehead atoms. The molecule has 7 nitrogen and oxygen atoms in total. The lowest BCUT2D eigenvalue weighted by Gasteiger charge is -2.33. The molecule has 3 rings (SSSR count). The van der Waals surface area contributed by atoms with Crippen LogP contribution in [0.1, 0.15) is 65.4 Å². The number of ether oxygens (including phenoxy) is 3. The van der Waals surface area contributed by atoms with E-state index in [2.05, 4.69) is 29.2 Å². The standard InChI is InChI=1S/C28H42N2O5/c1-5-33-26(31)21-23-12-17-29(18-13-23)16-6-7-22-8-10-24(11-9-22)34-25-14-19-30(20-15-25)27(32)35-28(2,3)4/h6-11,23,25H,5,12-21H2,1-4H3/b7-6+. The average Bonchev–Trinajstić information content (AvgIpc) is 2.81. The van der Waals surface area contributed by atoms with Crippen LogP contribution in [0.5, 0.6) is 5.75 Å². The molecule has 194 valence electrons. The van der Waals surface area contributed by atoms with Crippen molar-refractivity contribution < 1.29 is 23.8 Å². The van der Waals surface area contributed by atoms with Gasteiger partial charge in [0.1, 0.15) is 17.5 Å². The maximum atomic E-state index is 12.2. The Morgan fingerprint density at radius 3 is 2.26 bits per heavy atom. The van der Waals surface area contributed by atoms with Crippen molar-refractivity contribution in [2.45, 2.75) is 71.5 Å². The third-order valence-electron chi connectivity index (χ3n) is 6.42. The summed E-state index contributed by atoms with van der Waals surface area (Å²) in [6, 6.07) is 8.18. The minimum atomic E-state index is -0.469. The molecule has 0 unspecified atom stereocenters. The fraction of sp³-hybridized carbons (Fsp3) is 0.643. The summed E-state index contributed by atoms with van der Waals surface area (Å²) in [6.45, 7) is 12.2. The van der Waals surface area contributed by atoms with E-state index >= 15 is 0 Å². The minimum Gasteiger partial charge on any atom is -0.490 e. The Balaban J connectivity index is 1.35. The van der Waals surface area contributed by atoms with Gasteiger partial charge in [0, 0.05) is 38.9 Å². The molecule has 2 aliphatic rings. The Hall–Kier alpha value is -2.54. The van der Waals surface area contributed by atoms with Crippen molar-refractivity contribution in [2.75, 3.05) is 39.3 Å². The van der Waals surface area contributed by atoms with Crippen molar-refractivity contribution in [1.29, 1.82) is 0 Å². The van der Waals surface area contributed by atoms with Crippen molar-refractivity contribution in [3.05, 3.63) is 35.9 Å². The molecule has 1 aromatic rings. The first-order chi connectivity index (χ1) is 16.7. The normalized spacial score (nSPS) is 18.6. The van der Waals surface area contributed by atoms with Gasteiger partial charge in [0.05, 0.1) is 6.61 Å². The lowest BCUT2D eigenvalue weighted by atomic mass is 9.93. The lowest BCUT2D eigenvalue weighted by molar-refractivity contribution is -0.144. The van der Waals surface area contributed by atoms with Crippen LogP contribution in [0.2, 0.25) is 0 Å². The number of amides is 1. The Morgan fingerprint density at radius 2 is 1.66 bits per heavy atom. The number of likely N-dealkylation sites (tertiary alicyclic amines) is 2. The van der Waals surface area contributed by atoms with Crippen LogP contribution >= 0.6 is 0 Å². The van der Waals surface area contributed by atoms with E-state index < -0.39 is 5.60 Å². The number of hydrogen-bond acceptors (Lipinski definition) is 6. The van der Waals surface area contributed by atoms with Crippen LogP contribution in [0.25, 0.3) is 6.08 Å². The molecule has 2 heterocycles. The van der Waals surface area contributed by atoms with E-state index in [-0.39, 0.29) is 18.2 Å². The van der Waals surface area contributed by atoms with Crippen LogP contribution in [0.3, 0.4) is 0 Å². The molecule has 0 radical (unpaired) electrons. The number of esters is 1. The number of rotatable bonds is 8. The monoisotopic (exact) mass is 486 g/mol. The Kier molecular flexibility index (Phi) is 10.0. The number of piperidine rings is 2. The Bertz CT molecular complexity index is 830. The van der Waals surface area contributed by atoms with E-state index in [1.54, 1.807) is 4.90 Å². The van der Waals surface area contributed by atoms with Crippen LogP contribution in [-0.4, -0.2) is 72.9 Å². The zero-order chi connectivity index (χ0) is 25.3. The molecule has 7 heteroatoms. The van der Waals surface area contributed by atoms with Crippen LogP contribution in [0, 0.1) is 5.92 Å². The quantitative estimate of drug-likeness (QED) is 0.474. The molecule has 1 amide bonds. The summed E-state index contributed by atoms with van der Waals surface area (Å²) in [5, 5.41) is 0. The van der Waals surface area contributed by atoms with Gasteiger partial charge in [-0.2, -0.15) is 0 Å². The maximum absolute atomic E-state index is 12.2. The molecule has 0 saturated carbocycles. The summed E-state index contributed by atoms with van der Waals surface area (Å²) in [4.78, 5) is 28.1. The van der Waals surface area contributed by atoms with Crippen LogP contribution in [0.15, 0.2) is 30.3 Å². The van der Waals surface area contributed by atoms with Crippen molar-refractivity contribution in [3.8, 4) is 5.75 Å². The molecule has 1 aromatic carbocycles. The van der Waals surface area contributed by atoms with E-state index in [4.69, 9.17) is 14.2 Å². The topological polar surface area (TPSA) is 68.3 Å². The minimum absolute atomic E-state index is 0.0652. The van der Waals surface area contributed by atoms with E-state index in [1.165, 1.54) is 0 Å². The van der Waals surface area contributed by atoms with Crippen molar-refractivity contribution in [1.82, 2.24) is 9.80 Å². The van der Waals surface area contributed by atoms with Crippen LogP contribution in [0.4, 0.5) is 4.79 Å². The van der Waals surface area contributed by atoms with E-state index in [0.29, 0.717) is 32.0 Å². The molecular weight excluding hydrogens is 444 g/mol. The van der Waals surface area contributed by atoms with Gasteiger partial charge in [0.15, 0.2) is 0 Å². The van der Waals surface area contributed by atoms with Crippen LogP contribution in [-0.2, 0) is 14.3 Å². The molecule has 2 saturated heterocycles. The second-order valence-corrected chi connectivity index (χ2v) is 10.5. The summed E-state index contributed by atoms with van der Waals surface area (Å²) in [5.41, 5.74) is 0.678. The highest BCUT2D eigenvalue weighted by atomic mass is 16.6.